The van der Waals surface area contributed by atoms with Gasteiger partial charge in [-0.2, -0.15) is 5.10 Å². The average molecular weight is 246 g/mol. The number of unbranched alkanes of at least 4 members (excludes halogenated alkanes) is 1. The van der Waals surface area contributed by atoms with Crippen molar-refractivity contribution in [2.24, 2.45) is 7.05 Å². The van der Waals surface area contributed by atoms with E-state index in [1.54, 1.807) is 7.05 Å². The summed E-state index contributed by atoms with van der Waals surface area (Å²) < 4.78 is 24.5. The summed E-state index contributed by atoms with van der Waals surface area (Å²) in [6, 6.07) is 0. The van der Waals surface area contributed by atoms with Crippen molar-refractivity contribution in [1.82, 2.24) is 9.78 Å². The first-order valence-electron chi connectivity index (χ1n) is 5.14. The van der Waals surface area contributed by atoms with Crippen LogP contribution in [0.3, 0.4) is 0 Å². The number of rotatable bonds is 5. The highest BCUT2D eigenvalue weighted by atomic mass is 32.2. The second-order valence-corrected chi connectivity index (χ2v) is 5.69. The minimum Gasteiger partial charge on any atom is -0.383 e. The average Bonchev–Trinajstić information content (AvgIpc) is 2.42. The molecule has 0 radical (unpaired) electrons. The lowest BCUT2D eigenvalue weighted by atomic mass is 10.3. The van der Waals surface area contributed by atoms with Gasteiger partial charge in [0.1, 0.15) is 5.82 Å². The Kier molecular flexibility index (Phi) is 3.79. The SMILES string of the molecule is CCCCNc1nn(C)c(N)c1S(C)(=O)=O. The highest BCUT2D eigenvalue weighted by molar-refractivity contribution is 7.91. The highest BCUT2D eigenvalue weighted by Crippen LogP contribution is 2.26. The fraction of sp³-hybridized carbons (Fsp3) is 0.667. The molecule has 0 aliphatic rings. The molecule has 0 aromatic carbocycles. The van der Waals surface area contributed by atoms with Crippen LogP contribution in [0.4, 0.5) is 11.6 Å². The van der Waals surface area contributed by atoms with Gasteiger partial charge in [-0.05, 0) is 6.42 Å². The number of nitrogen functional groups attached to an aromatic ring is 1. The molecule has 0 unspecified atom stereocenters. The molecule has 0 atom stereocenters. The van der Waals surface area contributed by atoms with Crippen molar-refractivity contribution in [2.45, 2.75) is 24.7 Å². The Balaban J connectivity index is 3.05. The predicted molar refractivity (Wildman–Crippen MR) is 64.1 cm³/mol. The van der Waals surface area contributed by atoms with Crippen LogP contribution in [-0.2, 0) is 16.9 Å². The number of aryl methyl sites for hydroxylation is 1. The van der Waals surface area contributed by atoms with E-state index < -0.39 is 9.84 Å². The molecule has 1 aromatic heterocycles. The third-order valence-corrected chi connectivity index (χ3v) is 3.38. The van der Waals surface area contributed by atoms with Gasteiger partial charge in [0.15, 0.2) is 20.6 Å². The summed E-state index contributed by atoms with van der Waals surface area (Å²) in [6.45, 7) is 2.75. The topological polar surface area (TPSA) is 90.0 Å². The molecule has 0 bridgehead atoms. The van der Waals surface area contributed by atoms with E-state index in [1.807, 2.05) is 0 Å². The summed E-state index contributed by atoms with van der Waals surface area (Å²) in [4.78, 5) is 0.0890. The second-order valence-electron chi connectivity index (χ2n) is 3.74. The van der Waals surface area contributed by atoms with Gasteiger partial charge >= 0.3 is 0 Å². The van der Waals surface area contributed by atoms with Crippen LogP contribution < -0.4 is 11.1 Å². The summed E-state index contributed by atoms with van der Waals surface area (Å²) in [5, 5.41) is 7.04. The Morgan fingerprint density at radius 3 is 2.62 bits per heavy atom. The largest absolute Gasteiger partial charge is 0.383 e. The maximum Gasteiger partial charge on any atom is 0.182 e. The monoisotopic (exact) mass is 246 g/mol. The van der Waals surface area contributed by atoms with Crippen molar-refractivity contribution in [2.75, 3.05) is 23.9 Å². The van der Waals surface area contributed by atoms with Crippen molar-refractivity contribution in [3.63, 3.8) is 0 Å². The van der Waals surface area contributed by atoms with Crippen LogP contribution in [0.2, 0.25) is 0 Å². The van der Waals surface area contributed by atoms with E-state index in [2.05, 4.69) is 17.3 Å². The van der Waals surface area contributed by atoms with Crippen LogP contribution in [-0.4, -0.2) is 31.0 Å². The Morgan fingerprint density at radius 1 is 1.50 bits per heavy atom. The van der Waals surface area contributed by atoms with E-state index >= 15 is 0 Å². The molecular formula is C9H18N4O2S. The molecule has 0 spiro atoms. The Hall–Kier alpha value is -1.24. The van der Waals surface area contributed by atoms with Crippen molar-refractivity contribution >= 4 is 21.5 Å². The molecular weight excluding hydrogens is 228 g/mol. The fourth-order valence-electron chi connectivity index (χ4n) is 1.38. The first-order valence-corrected chi connectivity index (χ1v) is 7.03. The lowest BCUT2D eigenvalue weighted by Crippen LogP contribution is -2.07. The van der Waals surface area contributed by atoms with E-state index in [0.717, 1.165) is 19.1 Å². The minimum absolute atomic E-state index is 0.0890. The third-order valence-electron chi connectivity index (χ3n) is 2.24. The zero-order valence-electron chi connectivity index (χ0n) is 9.82. The molecule has 0 amide bonds. The van der Waals surface area contributed by atoms with Gasteiger partial charge in [-0.15, -0.1) is 0 Å². The molecule has 0 saturated heterocycles. The van der Waals surface area contributed by atoms with Gasteiger partial charge in [-0.25, -0.2) is 13.1 Å². The van der Waals surface area contributed by atoms with Crippen molar-refractivity contribution in [3.8, 4) is 0 Å². The normalized spacial score (nSPS) is 11.7. The number of nitrogens with two attached hydrogens (primary N) is 1. The Labute approximate surface area is 95.7 Å². The van der Waals surface area contributed by atoms with Crippen LogP contribution in [0.1, 0.15) is 19.8 Å². The molecule has 0 saturated carbocycles. The number of nitrogens with one attached hydrogen (secondary N) is 1. The first-order chi connectivity index (χ1) is 7.38. The van der Waals surface area contributed by atoms with Crippen molar-refractivity contribution in [1.29, 1.82) is 0 Å². The zero-order chi connectivity index (χ0) is 12.3. The van der Waals surface area contributed by atoms with E-state index in [1.165, 1.54) is 4.68 Å². The summed E-state index contributed by atoms with van der Waals surface area (Å²) in [5.41, 5.74) is 5.68. The van der Waals surface area contributed by atoms with Crippen LogP contribution in [0.15, 0.2) is 4.90 Å². The summed E-state index contributed by atoms with van der Waals surface area (Å²) in [7, 11) is -1.73. The number of aromatic nitrogens is 2. The molecule has 0 aliphatic heterocycles. The molecule has 0 aliphatic carbocycles. The zero-order valence-corrected chi connectivity index (χ0v) is 10.6. The number of anilines is 2. The molecule has 0 fully saturated rings. The number of hydrogen-bond acceptors (Lipinski definition) is 5. The second kappa shape index (κ2) is 4.73. The molecule has 16 heavy (non-hydrogen) atoms. The molecule has 1 aromatic rings. The quantitative estimate of drug-likeness (QED) is 0.743. The molecule has 1 rings (SSSR count). The molecule has 3 N–H and O–H groups in total. The van der Waals surface area contributed by atoms with E-state index in [0.29, 0.717) is 12.4 Å². The van der Waals surface area contributed by atoms with Gasteiger partial charge in [0, 0.05) is 19.8 Å². The standard InChI is InChI=1S/C9H18N4O2S/c1-4-5-6-11-9-7(16(3,14)15)8(10)13(2)12-9/h4-6,10H2,1-3H3,(H,11,12). The van der Waals surface area contributed by atoms with Gasteiger partial charge in [-0.3, -0.25) is 0 Å². The molecule has 1 heterocycles. The maximum atomic E-state index is 11.5. The number of hydrogen-bond donors (Lipinski definition) is 2. The predicted octanol–water partition coefficient (Wildman–Crippen LogP) is 0.618. The summed E-state index contributed by atoms with van der Waals surface area (Å²) in [5.74, 6) is 0.512. The lowest BCUT2D eigenvalue weighted by Gasteiger charge is -2.03. The van der Waals surface area contributed by atoms with Crippen molar-refractivity contribution < 1.29 is 8.42 Å². The molecule has 92 valence electrons. The van der Waals surface area contributed by atoms with Crippen LogP contribution in [0.25, 0.3) is 0 Å². The van der Waals surface area contributed by atoms with Gasteiger partial charge in [-0.1, -0.05) is 13.3 Å². The van der Waals surface area contributed by atoms with Gasteiger partial charge in [0.2, 0.25) is 0 Å². The third kappa shape index (κ3) is 2.66. The number of sulfone groups is 1. The molecule has 6 nitrogen and oxygen atoms in total. The Morgan fingerprint density at radius 2 is 2.12 bits per heavy atom. The van der Waals surface area contributed by atoms with Gasteiger partial charge in [0.25, 0.3) is 0 Å². The van der Waals surface area contributed by atoms with Gasteiger partial charge in [0.05, 0.1) is 0 Å². The highest BCUT2D eigenvalue weighted by Gasteiger charge is 2.22. The van der Waals surface area contributed by atoms with E-state index in [9.17, 15) is 8.42 Å². The van der Waals surface area contributed by atoms with E-state index in [-0.39, 0.29) is 10.7 Å². The van der Waals surface area contributed by atoms with Crippen LogP contribution >= 0.6 is 0 Å². The maximum absolute atomic E-state index is 11.5. The Bertz CT molecular complexity index is 464. The fourth-order valence-corrected chi connectivity index (χ4v) is 2.36. The smallest absolute Gasteiger partial charge is 0.182 e. The molecule has 7 heteroatoms. The lowest BCUT2D eigenvalue weighted by molar-refractivity contribution is 0.602. The minimum atomic E-state index is -3.35. The van der Waals surface area contributed by atoms with Crippen molar-refractivity contribution in [3.05, 3.63) is 0 Å². The number of nitrogens with zero attached hydrogens (tertiary/aromatic N) is 2. The van der Waals surface area contributed by atoms with Gasteiger partial charge < -0.3 is 11.1 Å². The van der Waals surface area contributed by atoms with Crippen LogP contribution in [0, 0.1) is 0 Å². The van der Waals surface area contributed by atoms with E-state index in [4.69, 9.17) is 5.73 Å². The first kappa shape index (κ1) is 12.8. The summed E-state index contributed by atoms with van der Waals surface area (Å²) >= 11 is 0. The van der Waals surface area contributed by atoms with Crippen LogP contribution in [0.5, 0.6) is 0 Å². The summed E-state index contributed by atoms with van der Waals surface area (Å²) in [6.07, 6.45) is 3.12.